The Balaban J connectivity index is 1.48. The molecule has 5 rings (SSSR count). The van der Waals surface area contributed by atoms with Crippen molar-refractivity contribution in [1.82, 2.24) is 14.3 Å². The average molecular weight is 558 g/mol. The van der Waals surface area contributed by atoms with Gasteiger partial charge in [-0.2, -0.15) is 0 Å². The van der Waals surface area contributed by atoms with E-state index in [0.29, 0.717) is 16.2 Å². The Labute approximate surface area is 226 Å². The van der Waals surface area contributed by atoms with E-state index in [1.165, 1.54) is 34.9 Å². The summed E-state index contributed by atoms with van der Waals surface area (Å²) >= 11 is 2.87. The molecule has 2 aliphatic heterocycles. The molecule has 1 amide bonds. The number of carbonyl (C=O) groups excluding carboxylic acids is 2. The number of aromatic nitrogens is 2. The number of aliphatic hydroxyl groups is 1. The molecular weight excluding hydrogens is 530 g/mol. The molecule has 3 aromatic rings. The highest BCUT2D eigenvalue weighted by Gasteiger charge is 2.66. The molecule has 2 N–H and O–H groups in total. The third-order valence-corrected chi connectivity index (χ3v) is 9.16. The van der Waals surface area contributed by atoms with Gasteiger partial charge in [-0.3, -0.25) is 9.20 Å². The van der Waals surface area contributed by atoms with Gasteiger partial charge < -0.3 is 24.6 Å². The summed E-state index contributed by atoms with van der Waals surface area (Å²) in [5, 5.41) is 21.5. The highest BCUT2D eigenvalue weighted by Crippen LogP contribution is 2.60. The number of nitrogens with zero attached hydrogens (tertiary/aromatic N) is 3. The number of ether oxygens (including phenoxy) is 2. The minimum absolute atomic E-state index is 0.0789. The number of amides is 1. The Morgan fingerprint density at radius 2 is 2.11 bits per heavy atom. The summed E-state index contributed by atoms with van der Waals surface area (Å²) < 4.78 is 12.5. The van der Waals surface area contributed by atoms with Gasteiger partial charge in [0.25, 0.3) is 0 Å². The Morgan fingerprint density at radius 3 is 2.76 bits per heavy atom. The number of β-lactam (4-membered cyclic amide) rings is 1. The predicted molar refractivity (Wildman–Crippen MR) is 141 cm³/mol. The van der Waals surface area contributed by atoms with E-state index >= 15 is 0 Å². The van der Waals surface area contributed by atoms with Crippen molar-refractivity contribution in [1.29, 1.82) is 0 Å². The number of carbonyl (C=O) groups is 3. The van der Waals surface area contributed by atoms with Crippen LogP contribution in [0.3, 0.4) is 0 Å². The normalized spacial score (nSPS) is 23.4. The number of benzene rings is 1. The number of imidazole rings is 1. The molecule has 10 nitrogen and oxygen atoms in total. The summed E-state index contributed by atoms with van der Waals surface area (Å²) in [7, 11) is 0. The quantitative estimate of drug-likeness (QED) is 0.182. The molecular formula is C26H27N3O7S2. The number of thioether (sulfide) groups is 1. The molecule has 1 unspecified atom stereocenters. The van der Waals surface area contributed by atoms with E-state index in [2.05, 4.69) is 4.98 Å². The second kappa shape index (κ2) is 9.75. The van der Waals surface area contributed by atoms with Gasteiger partial charge in [-0.25, -0.2) is 14.6 Å². The van der Waals surface area contributed by atoms with Gasteiger partial charge in [0.05, 0.1) is 29.5 Å². The second-order valence-electron chi connectivity index (χ2n) is 9.69. The zero-order chi connectivity index (χ0) is 27.4. The van der Waals surface area contributed by atoms with E-state index in [1.807, 2.05) is 36.8 Å². The number of fused-ring (bicyclic) bond motifs is 2. The van der Waals surface area contributed by atoms with Crippen LogP contribution in [0.1, 0.15) is 30.7 Å². The van der Waals surface area contributed by atoms with Gasteiger partial charge in [0.1, 0.15) is 27.6 Å². The third kappa shape index (κ3) is 4.16. The fraction of sp³-hybridized carbons (Fsp3) is 0.385. The maximum absolute atomic E-state index is 13.0. The van der Waals surface area contributed by atoms with E-state index in [1.54, 1.807) is 24.5 Å². The molecule has 0 saturated carbocycles. The molecule has 0 spiro atoms. The fourth-order valence-electron chi connectivity index (χ4n) is 5.52. The zero-order valence-electron chi connectivity index (χ0n) is 21.2. The summed E-state index contributed by atoms with van der Waals surface area (Å²) in [5.41, 5.74) is 0.368. The Bertz CT molecular complexity index is 1480. The summed E-state index contributed by atoms with van der Waals surface area (Å²) in [5.74, 6) is -2.08. The lowest BCUT2D eigenvalue weighted by Crippen LogP contribution is -2.66. The number of aliphatic carboxylic acids is 1. The van der Waals surface area contributed by atoms with Crippen LogP contribution < -0.4 is 4.74 Å². The average Bonchev–Trinajstić information content (AvgIpc) is 3.47. The lowest BCUT2D eigenvalue weighted by molar-refractivity contribution is -0.167. The molecule has 200 valence electrons. The smallest absolute Gasteiger partial charge is 0.477 e. The van der Waals surface area contributed by atoms with Crippen molar-refractivity contribution in [3.8, 4) is 5.75 Å². The predicted octanol–water partition coefficient (Wildman–Crippen LogP) is 4.06. The number of hydrogen-bond donors (Lipinski definition) is 2. The highest BCUT2D eigenvalue weighted by molar-refractivity contribution is 7.98. The van der Waals surface area contributed by atoms with Crippen molar-refractivity contribution >= 4 is 51.5 Å². The number of aliphatic hydroxyl groups excluding tert-OH is 1. The molecule has 0 bridgehead atoms. The van der Waals surface area contributed by atoms with E-state index in [9.17, 15) is 24.6 Å². The van der Waals surface area contributed by atoms with Gasteiger partial charge in [0, 0.05) is 17.2 Å². The van der Waals surface area contributed by atoms with Crippen LogP contribution in [0.2, 0.25) is 0 Å². The van der Waals surface area contributed by atoms with Crippen molar-refractivity contribution in [2.45, 2.75) is 44.4 Å². The van der Waals surface area contributed by atoms with Crippen molar-refractivity contribution in [2.24, 2.45) is 11.3 Å². The molecule has 12 heteroatoms. The van der Waals surface area contributed by atoms with Gasteiger partial charge in [-0.1, -0.05) is 19.1 Å². The van der Waals surface area contributed by atoms with Crippen molar-refractivity contribution < 1.29 is 34.1 Å². The van der Waals surface area contributed by atoms with Gasteiger partial charge in [-0.05, 0) is 44.2 Å². The van der Waals surface area contributed by atoms with Gasteiger partial charge in [0.15, 0.2) is 0 Å². The van der Waals surface area contributed by atoms with Gasteiger partial charge in [0.2, 0.25) is 5.91 Å². The molecule has 0 radical (unpaired) electrons. The van der Waals surface area contributed by atoms with Crippen LogP contribution in [0.25, 0.3) is 10.4 Å². The van der Waals surface area contributed by atoms with Gasteiger partial charge >= 0.3 is 12.1 Å². The number of carboxylic acids is 1. The van der Waals surface area contributed by atoms with E-state index in [-0.39, 0.29) is 18.7 Å². The maximum Gasteiger partial charge on any atom is 0.513 e. The van der Waals surface area contributed by atoms with Crippen LogP contribution in [0.15, 0.2) is 47.5 Å². The minimum atomic E-state index is -1.23. The molecule has 0 aliphatic carbocycles. The number of thiazole rings is 1. The Hall–Kier alpha value is -3.35. The van der Waals surface area contributed by atoms with Crippen molar-refractivity contribution in [3.05, 3.63) is 52.9 Å². The van der Waals surface area contributed by atoms with Crippen LogP contribution >= 0.6 is 23.1 Å². The number of rotatable bonds is 8. The largest absolute Gasteiger partial charge is 0.513 e. The number of aryl methyl sites for hydroxylation is 1. The molecule has 4 atom stereocenters. The Morgan fingerprint density at radius 1 is 1.34 bits per heavy atom. The first-order chi connectivity index (χ1) is 18.1. The second-order valence-corrected chi connectivity index (χ2v) is 11.5. The van der Waals surface area contributed by atoms with Crippen molar-refractivity contribution in [2.75, 3.05) is 12.9 Å². The van der Waals surface area contributed by atoms with Crippen LogP contribution in [-0.2, 0) is 14.3 Å². The van der Waals surface area contributed by atoms with Crippen molar-refractivity contribution in [3.63, 3.8) is 0 Å². The monoisotopic (exact) mass is 557 g/mol. The summed E-state index contributed by atoms with van der Waals surface area (Å²) in [6.07, 6.45) is 3.74. The van der Waals surface area contributed by atoms with Gasteiger partial charge in [-0.15, -0.1) is 23.1 Å². The molecule has 4 heterocycles. The lowest BCUT2D eigenvalue weighted by Gasteiger charge is -2.50. The molecule has 2 aromatic heterocycles. The van der Waals surface area contributed by atoms with E-state index in [4.69, 9.17) is 9.47 Å². The fourth-order valence-corrected chi connectivity index (χ4v) is 7.48. The van der Waals surface area contributed by atoms with Crippen LogP contribution in [0.5, 0.6) is 5.75 Å². The first kappa shape index (κ1) is 26.3. The van der Waals surface area contributed by atoms with E-state index < -0.39 is 41.5 Å². The van der Waals surface area contributed by atoms with Crippen LogP contribution in [0, 0.1) is 18.3 Å². The first-order valence-electron chi connectivity index (χ1n) is 12.0. The first-order valence-corrected chi connectivity index (χ1v) is 14.0. The molecule has 2 aliphatic rings. The topological polar surface area (TPSA) is 131 Å². The van der Waals surface area contributed by atoms with Crippen LogP contribution in [-0.4, -0.2) is 67.5 Å². The highest BCUT2D eigenvalue weighted by atomic mass is 32.2. The number of hydrogen-bond acceptors (Lipinski definition) is 9. The summed E-state index contributed by atoms with van der Waals surface area (Å²) in [6, 6.07) is 6.39. The van der Waals surface area contributed by atoms with Crippen LogP contribution in [0.4, 0.5) is 4.79 Å². The Kier molecular flexibility index (Phi) is 6.74. The maximum atomic E-state index is 13.0. The SMILES string of the molecule is CSc1ncn2cc(C3=C(C(=O)O)N4C(=O)[C@H](C(C)O)[C@@H]4[C@@]3(C)CCOC(=O)Oc3cccc(C)c3)sc12. The minimum Gasteiger partial charge on any atom is -0.477 e. The number of carboxylic acid groups (broad SMARTS) is 1. The zero-order valence-corrected chi connectivity index (χ0v) is 22.8. The molecule has 1 fully saturated rings. The molecule has 38 heavy (non-hydrogen) atoms. The standard InChI is InChI=1S/C26H27N3O7S2/c1-13-6-5-7-15(10-13)36-25(34)35-9-8-26(3)18(16-11-28-12-27-21(37-4)23(28)38-16)19(24(32)33)29-20(26)17(14(2)30)22(29)31/h5-7,10-12,14,17,20,30H,8-9H2,1-4H3,(H,32,33)/t14?,17-,20-,26+/m1/s1. The summed E-state index contributed by atoms with van der Waals surface area (Å²) in [4.78, 5) is 45.2. The molecule has 1 saturated heterocycles. The van der Waals surface area contributed by atoms with E-state index in [0.717, 1.165) is 15.4 Å². The lowest BCUT2D eigenvalue weighted by atomic mass is 9.66. The summed E-state index contributed by atoms with van der Waals surface area (Å²) in [6.45, 7) is 5.18. The molecule has 1 aromatic carbocycles. The third-order valence-electron chi connectivity index (χ3n) is 7.22.